The normalized spacial score (nSPS) is 14.1. The molecular weight excluding hydrogens is 260 g/mol. The van der Waals surface area contributed by atoms with Gasteiger partial charge in [0.2, 0.25) is 0 Å². The molecule has 6 heteroatoms. The Balaban J connectivity index is 2.13. The first-order chi connectivity index (χ1) is 9.49. The first-order valence-corrected chi connectivity index (χ1v) is 6.60. The largest absolute Gasteiger partial charge is 0.478 e. The van der Waals surface area contributed by atoms with E-state index in [1.165, 1.54) is 17.2 Å². The fourth-order valence-corrected chi connectivity index (χ4v) is 2.12. The van der Waals surface area contributed by atoms with Crippen LogP contribution in [0, 0.1) is 5.92 Å². The van der Waals surface area contributed by atoms with E-state index in [1.807, 2.05) is 13.8 Å². The average molecular weight is 278 g/mol. The van der Waals surface area contributed by atoms with Gasteiger partial charge < -0.3 is 14.7 Å². The first kappa shape index (κ1) is 14.3. The topological polar surface area (TPSA) is 79.7 Å². The summed E-state index contributed by atoms with van der Waals surface area (Å²) in [4.78, 5) is 28.8. The Hall–Kier alpha value is -2.11. The van der Waals surface area contributed by atoms with Crippen LogP contribution in [-0.2, 0) is 17.7 Å². The van der Waals surface area contributed by atoms with Crippen molar-refractivity contribution in [2.24, 2.45) is 5.92 Å². The maximum Gasteiger partial charge on any atom is 0.410 e. The molecule has 1 aliphatic rings. The molecule has 0 unspecified atom stereocenters. The molecule has 108 valence electrons. The van der Waals surface area contributed by atoms with Crippen LogP contribution in [0.1, 0.15) is 35.5 Å². The lowest BCUT2D eigenvalue weighted by molar-refractivity contribution is 0.0686. The van der Waals surface area contributed by atoms with Gasteiger partial charge in [-0.05, 0) is 12.0 Å². The predicted molar refractivity (Wildman–Crippen MR) is 71.5 cm³/mol. The second-order valence-electron chi connectivity index (χ2n) is 5.23. The number of carboxylic acids is 1. The Labute approximate surface area is 117 Å². The molecule has 1 aromatic rings. The van der Waals surface area contributed by atoms with Crippen molar-refractivity contribution in [2.75, 3.05) is 13.2 Å². The quantitative estimate of drug-likeness (QED) is 0.913. The molecule has 0 saturated carbocycles. The van der Waals surface area contributed by atoms with Crippen molar-refractivity contribution in [2.45, 2.75) is 26.8 Å². The molecule has 6 nitrogen and oxygen atoms in total. The fraction of sp³-hybridized carbons (Fsp3) is 0.500. The number of carbonyl (C=O) groups is 2. The van der Waals surface area contributed by atoms with Crippen molar-refractivity contribution in [1.82, 2.24) is 9.88 Å². The highest BCUT2D eigenvalue weighted by molar-refractivity contribution is 5.89. The minimum Gasteiger partial charge on any atom is -0.478 e. The number of pyridine rings is 1. The van der Waals surface area contributed by atoms with Gasteiger partial charge in [0.1, 0.15) is 0 Å². The molecule has 1 aliphatic heterocycles. The van der Waals surface area contributed by atoms with Gasteiger partial charge in [-0.2, -0.15) is 0 Å². The number of aromatic nitrogens is 1. The number of hydrogen-bond acceptors (Lipinski definition) is 4. The van der Waals surface area contributed by atoms with Crippen LogP contribution in [0.2, 0.25) is 0 Å². The van der Waals surface area contributed by atoms with Crippen molar-refractivity contribution in [3.05, 3.63) is 29.1 Å². The number of aromatic carboxylic acids is 1. The van der Waals surface area contributed by atoms with Crippen molar-refractivity contribution in [3.63, 3.8) is 0 Å². The van der Waals surface area contributed by atoms with E-state index in [0.717, 1.165) is 5.69 Å². The first-order valence-electron chi connectivity index (χ1n) is 6.60. The van der Waals surface area contributed by atoms with E-state index in [1.54, 1.807) is 0 Å². The Morgan fingerprint density at radius 3 is 2.90 bits per heavy atom. The fourth-order valence-electron chi connectivity index (χ4n) is 2.12. The number of carboxylic acid groups (broad SMARTS) is 1. The third-order valence-corrected chi connectivity index (χ3v) is 3.14. The van der Waals surface area contributed by atoms with Crippen molar-refractivity contribution >= 4 is 12.1 Å². The van der Waals surface area contributed by atoms with Crippen LogP contribution in [0.4, 0.5) is 4.79 Å². The van der Waals surface area contributed by atoms with Crippen molar-refractivity contribution < 1.29 is 19.4 Å². The molecule has 0 aliphatic carbocycles. The van der Waals surface area contributed by atoms with E-state index < -0.39 is 12.1 Å². The van der Waals surface area contributed by atoms with E-state index in [0.29, 0.717) is 25.1 Å². The van der Waals surface area contributed by atoms with Gasteiger partial charge in [-0.15, -0.1) is 0 Å². The van der Waals surface area contributed by atoms with Crippen LogP contribution < -0.4 is 0 Å². The molecule has 0 atom stereocenters. The summed E-state index contributed by atoms with van der Waals surface area (Å²) in [6, 6.07) is 1.46. The van der Waals surface area contributed by atoms with E-state index in [9.17, 15) is 14.7 Å². The molecule has 0 spiro atoms. The Morgan fingerprint density at radius 2 is 2.25 bits per heavy atom. The highest BCUT2D eigenvalue weighted by Gasteiger charge is 2.26. The Kier molecular flexibility index (Phi) is 4.22. The summed E-state index contributed by atoms with van der Waals surface area (Å²) < 4.78 is 5.18. The molecular formula is C14H18N2O4. The monoisotopic (exact) mass is 278 g/mol. The zero-order valence-electron chi connectivity index (χ0n) is 11.6. The number of ether oxygens (including phenoxy) is 1. The standard InChI is InChI=1S/C14H18N2O4/c1-9(2)8-20-14(19)16-6-4-12-11(7-16)10(13(17)18)3-5-15-12/h3,5,9H,4,6-8H2,1-2H3,(H,17,18). The molecule has 20 heavy (non-hydrogen) atoms. The van der Waals surface area contributed by atoms with Crippen LogP contribution in [0.25, 0.3) is 0 Å². The summed E-state index contributed by atoms with van der Waals surface area (Å²) in [6.45, 7) is 5.03. The number of nitrogens with zero attached hydrogens (tertiary/aromatic N) is 2. The molecule has 1 amide bonds. The lowest BCUT2D eigenvalue weighted by Gasteiger charge is -2.28. The number of fused-ring (bicyclic) bond motifs is 1. The van der Waals surface area contributed by atoms with Gasteiger partial charge in [0.05, 0.1) is 18.7 Å². The summed E-state index contributed by atoms with van der Waals surface area (Å²) in [5.41, 5.74) is 1.56. The zero-order chi connectivity index (χ0) is 14.7. The van der Waals surface area contributed by atoms with Gasteiger partial charge in [-0.1, -0.05) is 13.8 Å². The van der Waals surface area contributed by atoms with E-state index >= 15 is 0 Å². The lowest BCUT2D eigenvalue weighted by Crippen LogP contribution is -2.38. The van der Waals surface area contributed by atoms with Gasteiger partial charge >= 0.3 is 12.1 Å². The van der Waals surface area contributed by atoms with Crippen molar-refractivity contribution in [3.8, 4) is 0 Å². The van der Waals surface area contributed by atoms with E-state index in [4.69, 9.17) is 4.74 Å². The van der Waals surface area contributed by atoms with Crippen molar-refractivity contribution in [1.29, 1.82) is 0 Å². The van der Waals surface area contributed by atoms with Gasteiger partial charge in [-0.3, -0.25) is 4.98 Å². The minimum absolute atomic E-state index is 0.205. The smallest absolute Gasteiger partial charge is 0.410 e. The Morgan fingerprint density at radius 1 is 1.50 bits per heavy atom. The third kappa shape index (κ3) is 3.07. The number of amides is 1. The molecule has 0 aromatic carbocycles. The summed E-state index contributed by atoms with van der Waals surface area (Å²) in [5, 5.41) is 9.18. The van der Waals surface area contributed by atoms with Crippen LogP contribution in [0.15, 0.2) is 12.3 Å². The number of rotatable bonds is 3. The van der Waals surface area contributed by atoms with Crippen LogP contribution >= 0.6 is 0 Å². The summed E-state index contributed by atoms with van der Waals surface area (Å²) >= 11 is 0. The van der Waals surface area contributed by atoms with E-state index in [-0.39, 0.29) is 18.0 Å². The summed E-state index contributed by atoms with van der Waals surface area (Å²) in [7, 11) is 0. The zero-order valence-corrected chi connectivity index (χ0v) is 11.6. The summed E-state index contributed by atoms with van der Waals surface area (Å²) in [5.74, 6) is -0.728. The highest BCUT2D eigenvalue weighted by atomic mass is 16.6. The number of carbonyl (C=O) groups excluding carboxylic acids is 1. The molecule has 0 radical (unpaired) electrons. The van der Waals surface area contributed by atoms with Crippen LogP contribution in [0.5, 0.6) is 0 Å². The molecule has 0 saturated heterocycles. The molecule has 0 fully saturated rings. The number of hydrogen-bond donors (Lipinski definition) is 1. The van der Waals surface area contributed by atoms with Gasteiger partial charge in [0.15, 0.2) is 0 Å². The van der Waals surface area contributed by atoms with Crippen LogP contribution in [0.3, 0.4) is 0 Å². The summed E-state index contributed by atoms with van der Waals surface area (Å²) in [6.07, 6.45) is 1.65. The Bertz CT molecular complexity index is 528. The average Bonchev–Trinajstić information content (AvgIpc) is 2.43. The second-order valence-corrected chi connectivity index (χ2v) is 5.23. The second kappa shape index (κ2) is 5.90. The third-order valence-electron chi connectivity index (χ3n) is 3.14. The minimum atomic E-state index is -0.999. The molecule has 1 N–H and O–H groups in total. The molecule has 2 heterocycles. The maximum atomic E-state index is 11.9. The van der Waals surface area contributed by atoms with E-state index in [2.05, 4.69) is 4.98 Å². The highest BCUT2D eigenvalue weighted by Crippen LogP contribution is 2.21. The molecule has 0 bridgehead atoms. The molecule has 2 rings (SSSR count). The van der Waals surface area contributed by atoms with Gasteiger partial charge in [0, 0.05) is 30.4 Å². The maximum absolute atomic E-state index is 11.9. The SMILES string of the molecule is CC(C)COC(=O)N1CCc2nccc(C(=O)O)c2C1. The predicted octanol–water partition coefficient (Wildman–Crippen LogP) is 1.93. The lowest BCUT2D eigenvalue weighted by atomic mass is 10.0. The van der Waals surface area contributed by atoms with Crippen LogP contribution in [-0.4, -0.2) is 40.2 Å². The molecule has 1 aromatic heterocycles. The van der Waals surface area contributed by atoms with Gasteiger partial charge in [-0.25, -0.2) is 9.59 Å². The van der Waals surface area contributed by atoms with Gasteiger partial charge in [0.25, 0.3) is 0 Å².